The van der Waals surface area contributed by atoms with Gasteiger partial charge in [0.05, 0.1) is 18.9 Å². The molecule has 3 aromatic rings. The lowest BCUT2D eigenvalue weighted by Crippen LogP contribution is -2.37. The van der Waals surface area contributed by atoms with E-state index in [1.807, 2.05) is 49.9 Å². The van der Waals surface area contributed by atoms with Crippen molar-refractivity contribution < 1.29 is 19.0 Å². The maximum atomic E-state index is 12.6. The summed E-state index contributed by atoms with van der Waals surface area (Å²) >= 11 is 0. The van der Waals surface area contributed by atoms with Gasteiger partial charge in [-0.3, -0.25) is 4.79 Å². The van der Waals surface area contributed by atoms with Crippen molar-refractivity contribution in [1.29, 1.82) is 0 Å². The summed E-state index contributed by atoms with van der Waals surface area (Å²) in [6, 6.07) is 16.3. The number of benzene rings is 2. The van der Waals surface area contributed by atoms with Crippen molar-refractivity contribution >= 4 is 17.5 Å². The number of morpholine rings is 1. The Morgan fingerprint density at radius 2 is 1.83 bits per heavy atom. The van der Waals surface area contributed by atoms with Crippen LogP contribution in [0.15, 0.2) is 53.3 Å². The number of hydrogen-bond donors (Lipinski definition) is 2. The number of nitrogens with zero attached hydrogens (tertiary/aromatic N) is 2. The van der Waals surface area contributed by atoms with Crippen LogP contribution in [0.3, 0.4) is 0 Å². The van der Waals surface area contributed by atoms with Gasteiger partial charge in [-0.05, 0) is 75.9 Å². The predicted octanol–water partition coefficient (Wildman–Crippen LogP) is 5.78. The lowest BCUT2D eigenvalue weighted by atomic mass is 9.96. The minimum absolute atomic E-state index is 0.133. The van der Waals surface area contributed by atoms with E-state index in [-0.39, 0.29) is 17.7 Å². The van der Waals surface area contributed by atoms with E-state index >= 15 is 0 Å². The number of rotatable bonds is 4. The SMILES string of the molecule is CC(C)(C)OC(=O)N1CCCC(Nc2ccc3c(c2)Cc2cccc(-c4cc(N5CCOCC5)cc(=O)[nH]4)c2O3)CC1. The highest BCUT2D eigenvalue weighted by Crippen LogP contribution is 2.43. The van der Waals surface area contributed by atoms with Crippen LogP contribution in [0, 0.1) is 0 Å². The first-order valence-electron chi connectivity index (χ1n) is 15.0. The molecule has 222 valence electrons. The predicted molar refractivity (Wildman–Crippen MR) is 164 cm³/mol. The maximum absolute atomic E-state index is 12.6. The second-order valence-electron chi connectivity index (χ2n) is 12.4. The Morgan fingerprint density at radius 3 is 2.64 bits per heavy atom. The van der Waals surface area contributed by atoms with Gasteiger partial charge in [-0.2, -0.15) is 0 Å². The molecular weight excluding hydrogens is 532 g/mol. The maximum Gasteiger partial charge on any atom is 0.410 e. The van der Waals surface area contributed by atoms with Crippen LogP contribution >= 0.6 is 0 Å². The first kappa shape index (κ1) is 28.2. The van der Waals surface area contributed by atoms with E-state index < -0.39 is 5.60 Å². The molecule has 4 heterocycles. The van der Waals surface area contributed by atoms with Gasteiger partial charge in [-0.25, -0.2) is 4.79 Å². The van der Waals surface area contributed by atoms with Crippen molar-refractivity contribution in [1.82, 2.24) is 9.88 Å². The minimum Gasteiger partial charge on any atom is -0.456 e. The summed E-state index contributed by atoms with van der Waals surface area (Å²) in [7, 11) is 0. The van der Waals surface area contributed by atoms with Crippen LogP contribution < -0.4 is 20.5 Å². The van der Waals surface area contributed by atoms with Crippen LogP contribution in [-0.2, 0) is 15.9 Å². The van der Waals surface area contributed by atoms with Gasteiger partial charge in [0.25, 0.3) is 0 Å². The van der Waals surface area contributed by atoms with Gasteiger partial charge in [0.1, 0.15) is 17.1 Å². The second-order valence-corrected chi connectivity index (χ2v) is 12.4. The summed E-state index contributed by atoms with van der Waals surface area (Å²) in [6.07, 6.45) is 3.28. The molecule has 3 aliphatic heterocycles. The molecule has 9 heteroatoms. The lowest BCUT2D eigenvalue weighted by molar-refractivity contribution is 0.0256. The zero-order valence-corrected chi connectivity index (χ0v) is 24.7. The number of pyridine rings is 1. The number of nitrogens with one attached hydrogen (secondary N) is 2. The Balaban J connectivity index is 1.16. The number of carbonyl (C=O) groups is 1. The van der Waals surface area contributed by atoms with Gasteiger partial charge >= 0.3 is 6.09 Å². The Labute approximate surface area is 246 Å². The third-order valence-corrected chi connectivity index (χ3v) is 8.00. The molecule has 1 atom stereocenters. The first-order chi connectivity index (χ1) is 20.2. The molecule has 42 heavy (non-hydrogen) atoms. The zero-order chi connectivity index (χ0) is 29.3. The second kappa shape index (κ2) is 11.7. The molecule has 0 radical (unpaired) electrons. The van der Waals surface area contributed by atoms with Gasteiger partial charge in [-0.15, -0.1) is 0 Å². The highest BCUT2D eigenvalue weighted by molar-refractivity contribution is 5.74. The number of ether oxygens (including phenoxy) is 3. The van der Waals surface area contributed by atoms with Crippen LogP contribution in [0.2, 0.25) is 0 Å². The highest BCUT2D eigenvalue weighted by Gasteiger charge is 2.26. The fraction of sp³-hybridized carbons (Fsp3) is 0.455. The average molecular weight is 573 g/mol. The summed E-state index contributed by atoms with van der Waals surface area (Å²) in [4.78, 5) is 32.2. The Morgan fingerprint density at radius 1 is 1.00 bits per heavy atom. The summed E-state index contributed by atoms with van der Waals surface area (Å²) in [5.74, 6) is 1.61. The minimum atomic E-state index is -0.490. The fourth-order valence-electron chi connectivity index (χ4n) is 5.94. The third-order valence-electron chi connectivity index (χ3n) is 8.00. The van der Waals surface area contributed by atoms with Crippen molar-refractivity contribution in [3.63, 3.8) is 0 Å². The molecule has 1 amide bonds. The molecule has 2 fully saturated rings. The number of amides is 1. The molecule has 0 bridgehead atoms. The Kier molecular flexibility index (Phi) is 7.86. The van der Waals surface area contributed by atoms with Crippen LogP contribution in [0.5, 0.6) is 11.5 Å². The van der Waals surface area contributed by atoms with Gasteiger partial charge in [0.15, 0.2) is 0 Å². The first-order valence-corrected chi connectivity index (χ1v) is 15.0. The summed E-state index contributed by atoms with van der Waals surface area (Å²) in [6.45, 7) is 9.93. The van der Waals surface area contributed by atoms with Gasteiger partial charge < -0.3 is 34.3 Å². The molecule has 1 aromatic heterocycles. The van der Waals surface area contributed by atoms with E-state index in [0.29, 0.717) is 26.3 Å². The van der Waals surface area contributed by atoms with Crippen LogP contribution in [0.1, 0.15) is 51.2 Å². The molecule has 2 N–H and O–H groups in total. The highest BCUT2D eigenvalue weighted by atomic mass is 16.6. The van der Waals surface area contributed by atoms with E-state index in [9.17, 15) is 9.59 Å². The number of H-pyrrole nitrogens is 1. The zero-order valence-electron chi connectivity index (χ0n) is 24.7. The summed E-state index contributed by atoms with van der Waals surface area (Å²) in [5.41, 5.74) is 5.14. The topological polar surface area (TPSA) is 96.1 Å². The smallest absolute Gasteiger partial charge is 0.410 e. The molecule has 6 rings (SSSR count). The number of fused-ring (bicyclic) bond motifs is 2. The number of aromatic nitrogens is 1. The Bertz CT molecular complexity index is 1510. The van der Waals surface area contributed by atoms with E-state index in [0.717, 1.165) is 84.0 Å². The van der Waals surface area contributed by atoms with Crippen LogP contribution in [0.25, 0.3) is 11.3 Å². The van der Waals surface area contributed by atoms with Crippen molar-refractivity contribution in [2.45, 2.75) is 58.1 Å². The number of carbonyl (C=O) groups excluding carboxylic acids is 1. The molecule has 2 aromatic carbocycles. The molecular formula is C33H40N4O5. The fourth-order valence-corrected chi connectivity index (χ4v) is 5.94. The number of aromatic amines is 1. The van der Waals surface area contributed by atoms with Crippen molar-refractivity contribution in [2.75, 3.05) is 49.6 Å². The van der Waals surface area contributed by atoms with E-state index in [1.165, 1.54) is 0 Å². The standard InChI is InChI=1S/C33H40N4O5/c1-33(2,3)42-32(39)37-12-5-7-24(11-13-37)34-25-9-10-29-23(19-25)18-22-6-4-8-27(31(22)41-29)28-20-26(21-30(38)35-28)36-14-16-40-17-15-36/h4,6,8-10,19-21,24,34H,5,7,11-18H2,1-3H3,(H,35,38). The molecule has 0 spiro atoms. The van der Waals surface area contributed by atoms with Crippen molar-refractivity contribution in [2.24, 2.45) is 0 Å². The monoisotopic (exact) mass is 572 g/mol. The molecule has 0 aliphatic carbocycles. The quantitative estimate of drug-likeness (QED) is 0.320. The summed E-state index contributed by atoms with van der Waals surface area (Å²) < 4.78 is 17.6. The van der Waals surface area contributed by atoms with E-state index in [2.05, 4.69) is 33.4 Å². The Hall–Kier alpha value is -3.98. The van der Waals surface area contributed by atoms with Gasteiger partial charge in [-0.1, -0.05) is 12.1 Å². The van der Waals surface area contributed by atoms with Crippen LogP contribution in [0.4, 0.5) is 16.2 Å². The summed E-state index contributed by atoms with van der Waals surface area (Å²) in [5, 5.41) is 3.70. The molecule has 1 unspecified atom stereocenters. The molecule has 3 aliphatic rings. The molecule has 2 saturated heterocycles. The van der Waals surface area contributed by atoms with Crippen molar-refractivity contribution in [3.8, 4) is 22.8 Å². The number of para-hydroxylation sites is 1. The number of hydrogen-bond acceptors (Lipinski definition) is 7. The van der Waals surface area contributed by atoms with Crippen molar-refractivity contribution in [3.05, 3.63) is 70.0 Å². The lowest BCUT2D eigenvalue weighted by Gasteiger charge is -2.29. The van der Waals surface area contributed by atoms with Crippen LogP contribution in [-0.4, -0.2) is 67.0 Å². The van der Waals surface area contributed by atoms with Gasteiger partial charge in [0, 0.05) is 67.2 Å². The number of anilines is 2. The normalized spacial score (nSPS) is 18.8. The molecule has 0 saturated carbocycles. The third kappa shape index (κ3) is 6.41. The van der Waals surface area contributed by atoms with E-state index in [4.69, 9.17) is 14.2 Å². The molecule has 9 nitrogen and oxygen atoms in total. The largest absolute Gasteiger partial charge is 0.456 e. The number of likely N-dealkylation sites (tertiary alicyclic amines) is 1. The average Bonchev–Trinajstić information content (AvgIpc) is 3.21. The van der Waals surface area contributed by atoms with E-state index in [1.54, 1.807) is 6.07 Å². The van der Waals surface area contributed by atoms with Gasteiger partial charge in [0.2, 0.25) is 5.56 Å².